The molecule has 0 spiro atoms. The molecule has 1 aromatic rings. The number of esters is 1. The summed E-state index contributed by atoms with van der Waals surface area (Å²) < 4.78 is 59.1. The van der Waals surface area contributed by atoms with Crippen LogP contribution in [0.1, 0.15) is 42.5 Å². The lowest BCUT2D eigenvalue weighted by atomic mass is 10.1. The first-order valence-electron chi connectivity index (χ1n) is 9.08. The Hall–Kier alpha value is -2.56. The Morgan fingerprint density at radius 2 is 1.86 bits per heavy atom. The van der Waals surface area contributed by atoms with E-state index < -0.39 is 49.9 Å². The molecule has 29 heavy (non-hydrogen) atoms. The van der Waals surface area contributed by atoms with Crippen molar-refractivity contribution in [2.45, 2.75) is 43.0 Å². The van der Waals surface area contributed by atoms with Crippen LogP contribution in [-0.4, -0.2) is 50.8 Å². The summed E-state index contributed by atoms with van der Waals surface area (Å²) in [4.78, 5) is 36.7. The predicted octanol–water partition coefficient (Wildman–Crippen LogP) is 1.35. The Kier molecular flexibility index (Phi) is 5.87. The van der Waals surface area contributed by atoms with Crippen molar-refractivity contribution in [3.8, 4) is 0 Å². The maximum absolute atomic E-state index is 14.5. The molecule has 2 fully saturated rings. The van der Waals surface area contributed by atoms with Gasteiger partial charge in [-0.1, -0.05) is 12.8 Å². The summed E-state index contributed by atoms with van der Waals surface area (Å²) >= 11 is 0. The molecule has 0 bridgehead atoms. The molecule has 11 heteroatoms. The van der Waals surface area contributed by atoms with Crippen molar-refractivity contribution in [2.24, 2.45) is 5.92 Å². The zero-order valence-corrected chi connectivity index (χ0v) is 16.4. The minimum Gasteiger partial charge on any atom is -0.465 e. The van der Waals surface area contributed by atoms with Crippen LogP contribution in [0.4, 0.5) is 8.78 Å². The Balaban J connectivity index is 1.78. The first-order valence-corrected chi connectivity index (χ1v) is 10.6. The maximum atomic E-state index is 14.5. The Labute approximate surface area is 166 Å². The van der Waals surface area contributed by atoms with E-state index in [2.05, 4.69) is 4.74 Å². The molecule has 1 atom stereocenters. The highest BCUT2D eigenvalue weighted by Crippen LogP contribution is 2.30. The summed E-state index contributed by atoms with van der Waals surface area (Å²) in [5, 5.41) is 0. The molecule has 2 aliphatic rings. The van der Waals surface area contributed by atoms with E-state index in [-0.39, 0.29) is 24.9 Å². The predicted molar refractivity (Wildman–Crippen MR) is 95.1 cm³/mol. The Bertz CT molecular complexity index is 959. The molecule has 1 saturated heterocycles. The second-order valence-corrected chi connectivity index (χ2v) is 8.73. The van der Waals surface area contributed by atoms with Gasteiger partial charge in [-0.3, -0.25) is 9.59 Å². The Morgan fingerprint density at radius 3 is 2.48 bits per heavy atom. The number of carbonyl (C=O) groups is 3. The number of rotatable bonds is 5. The molecular formula is C18H20F2N2O6S. The smallest absolute Gasteiger partial charge is 0.343 e. The third kappa shape index (κ3) is 4.09. The van der Waals surface area contributed by atoms with Gasteiger partial charge in [0.2, 0.25) is 11.8 Å². The summed E-state index contributed by atoms with van der Waals surface area (Å²) in [6.45, 7) is 0.0875. The summed E-state index contributed by atoms with van der Waals surface area (Å²) in [6.07, 6.45) is 3.53. The van der Waals surface area contributed by atoms with Gasteiger partial charge in [-0.05, 0) is 25.0 Å². The van der Waals surface area contributed by atoms with E-state index in [1.807, 2.05) is 0 Å². The SMILES string of the molecule is COC(=O)c1c(F)ccc(S(=O)(=O)NC(=O)C2CC(=O)N(C3CCCC3)C2)c1F. The van der Waals surface area contributed by atoms with Crippen molar-refractivity contribution >= 4 is 27.8 Å². The van der Waals surface area contributed by atoms with Crippen LogP contribution in [0.5, 0.6) is 0 Å². The van der Waals surface area contributed by atoms with Gasteiger partial charge in [0.15, 0.2) is 5.82 Å². The molecule has 1 aliphatic carbocycles. The van der Waals surface area contributed by atoms with Gasteiger partial charge in [0.05, 0.1) is 13.0 Å². The molecule has 8 nitrogen and oxygen atoms in total. The number of amides is 2. The van der Waals surface area contributed by atoms with E-state index >= 15 is 0 Å². The number of hydrogen-bond acceptors (Lipinski definition) is 6. The van der Waals surface area contributed by atoms with Crippen molar-refractivity contribution in [2.75, 3.05) is 13.7 Å². The van der Waals surface area contributed by atoms with Crippen LogP contribution >= 0.6 is 0 Å². The lowest BCUT2D eigenvalue weighted by molar-refractivity contribution is -0.130. The average Bonchev–Trinajstić information content (AvgIpc) is 3.30. The third-order valence-electron chi connectivity index (χ3n) is 5.26. The molecule has 1 unspecified atom stereocenters. The molecule has 0 radical (unpaired) electrons. The highest BCUT2D eigenvalue weighted by Gasteiger charge is 2.40. The first kappa shape index (κ1) is 21.2. The molecule has 1 heterocycles. The van der Waals surface area contributed by atoms with E-state index in [0.29, 0.717) is 12.1 Å². The summed E-state index contributed by atoms with van der Waals surface area (Å²) in [7, 11) is -3.86. The van der Waals surface area contributed by atoms with Gasteiger partial charge in [0, 0.05) is 19.0 Å². The van der Waals surface area contributed by atoms with Crippen LogP contribution in [-0.2, 0) is 24.3 Å². The van der Waals surface area contributed by atoms with Gasteiger partial charge >= 0.3 is 5.97 Å². The van der Waals surface area contributed by atoms with Gasteiger partial charge in [-0.25, -0.2) is 26.7 Å². The van der Waals surface area contributed by atoms with Crippen molar-refractivity contribution in [3.63, 3.8) is 0 Å². The lowest BCUT2D eigenvalue weighted by Gasteiger charge is -2.23. The van der Waals surface area contributed by atoms with E-state index in [0.717, 1.165) is 32.8 Å². The van der Waals surface area contributed by atoms with Gasteiger partial charge in [0.25, 0.3) is 10.0 Å². The van der Waals surface area contributed by atoms with Crippen molar-refractivity contribution in [3.05, 3.63) is 29.3 Å². The molecule has 0 aromatic heterocycles. The number of methoxy groups -OCH3 is 1. The third-order valence-corrected chi connectivity index (χ3v) is 6.63. The van der Waals surface area contributed by atoms with E-state index in [1.165, 1.54) is 0 Å². The van der Waals surface area contributed by atoms with Crippen LogP contribution in [0.3, 0.4) is 0 Å². The Morgan fingerprint density at radius 1 is 1.21 bits per heavy atom. The van der Waals surface area contributed by atoms with Gasteiger partial charge in [0.1, 0.15) is 16.3 Å². The normalized spacial score (nSPS) is 20.2. The zero-order chi connectivity index (χ0) is 21.3. The largest absolute Gasteiger partial charge is 0.465 e. The maximum Gasteiger partial charge on any atom is 0.343 e. The topological polar surface area (TPSA) is 110 Å². The zero-order valence-electron chi connectivity index (χ0n) is 15.6. The highest BCUT2D eigenvalue weighted by atomic mass is 32.2. The molecule has 158 valence electrons. The van der Waals surface area contributed by atoms with Crippen LogP contribution in [0.2, 0.25) is 0 Å². The van der Waals surface area contributed by atoms with Crippen LogP contribution in [0, 0.1) is 17.6 Å². The number of nitrogens with zero attached hydrogens (tertiary/aromatic N) is 1. The standard InChI is InChI=1S/C18H20F2N2O6S/c1-28-18(25)15-12(19)6-7-13(16(15)20)29(26,27)21-17(24)10-8-14(23)22(9-10)11-4-2-3-5-11/h6-7,10-11H,2-5,8-9H2,1H3,(H,21,24). The van der Waals surface area contributed by atoms with E-state index in [9.17, 15) is 31.6 Å². The van der Waals surface area contributed by atoms with Crippen molar-refractivity contribution < 1.29 is 36.3 Å². The molecular weight excluding hydrogens is 410 g/mol. The highest BCUT2D eigenvalue weighted by molar-refractivity contribution is 7.90. The molecule has 3 rings (SSSR count). The number of nitrogens with one attached hydrogen (secondary N) is 1. The number of carbonyl (C=O) groups excluding carboxylic acids is 3. The summed E-state index contributed by atoms with van der Waals surface area (Å²) in [6, 6.07) is 1.25. The second-order valence-electron chi connectivity index (χ2n) is 7.08. The second kappa shape index (κ2) is 8.05. The minimum absolute atomic E-state index is 0.0501. The van der Waals surface area contributed by atoms with E-state index in [4.69, 9.17) is 0 Å². The van der Waals surface area contributed by atoms with Crippen LogP contribution < -0.4 is 4.72 Å². The molecule has 1 saturated carbocycles. The fraction of sp³-hybridized carbons (Fsp3) is 0.500. The fourth-order valence-corrected chi connectivity index (χ4v) is 4.90. The van der Waals surface area contributed by atoms with Crippen LogP contribution in [0.25, 0.3) is 0 Å². The summed E-state index contributed by atoms with van der Waals surface area (Å²) in [5.74, 6) is -6.43. The number of ether oxygens (including phenoxy) is 1. The molecule has 1 aliphatic heterocycles. The number of likely N-dealkylation sites (tertiary alicyclic amines) is 1. The summed E-state index contributed by atoms with van der Waals surface area (Å²) in [5.41, 5.74) is -1.17. The van der Waals surface area contributed by atoms with Crippen molar-refractivity contribution in [1.82, 2.24) is 9.62 Å². The van der Waals surface area contributed by atoms with Crippen molar-refractivity contribution in [1.29, 1.82) is 0 Å². The first-order chi connectivity index (χ1) is 13.7. The number of halogens is 2. The van der Waals surface area contributed by atoms with Gasteiger partial charge in [-0.15, -0.1) is 0 Å². The van der Waals surface area contributed by atoms with Crippen LogP contribution in [0.15, 0.2) is 17.0 Å². The number of hydrogen-bond donors (Lipinski definition) is 1. The minimum atomic E-state index is -4.74. The average molecular weight is 430 g/mol. The molecule has 1 N–H and O–H groups in total. The monoisotopic (exact) mass is 430 g/mol. The number of benzene rings is 1. The number of sulfonamides is 1. The molecule has 1 aromatic carbocycles. The fourth-order valence-electron chi connectivity index (χ4n) is 3.78. The van der Waals surface area contributed by atoms with Gasteiger partial charge < -0.3 is 9.64 Å². The van der Waals surface area contributed by atoms with E-state index in [1.54, 1.807) is 9.62 Å². The quantitative estimate of drug-likeness (QED) is 0.706. The van der Waals surface area contributed by atoms with Gasteiger partial charge in [-0.2, -0.15) is 0 Å². The molecule has 2 amide bonds. The lowest BCUT2D eigenvalue weighted by Crippen LogP contribution is -2.39.